The molecular weight excluding hydrogens is 352 g/mol. The molecular formula is C20H20O7. The van der Waals surface area contributed by atoms with Crippen molar-refractivity contribution in [3.8, 4) is 11.5 Å². The molecule has 1 aliphatic heterocycles. The summed E-state index contributed by atoms with van der Waals surface area (Å²) in [6.07, 6.45) is 0.909. The molecule has 0 spiro atoms. The predicted molar refractivity (Wildman–Crippen MR) is 96.2 cm³/mol. The highest BCUT2D eigenvalue weighted by Crippen LogP contribution is 2.36. The minimum atomic E-state index is -0.853. The van der Waals surface area contributed by atoms with Crippen molar-refractivity contribution in [3.05, 3.63) is 48.6 Å². The van der Waals surface area contributed by atoms with E-state index in [1.54, 1.807) is 24.3 Å². The smallest absolute Gasteiger partial charge is 0.303 e. The molecule has 0 aliphatic carbocycles. The second kappa shape index (κ2) is 8.09. The summed E-state index contributed by atoms with van der Waals surface area (Å²) >= 11 is 0. The third kappa shape index (κ3) is 4.57. The van der Waals surface area contributed by atoms with E-state index in [9.17, 15) is 14.7 Å². The highest BCUT2D eigenvalue weighted by Gasteiger charge is 2.32. The van der Waals surface area contributed by atoms with Crippen molar-refractivity contribution < 1.29 is 33.6 Å². The van der Waals surface area contributed by atoms with E-state index in [2.05, 4.69) is 0 Å². The van der Waals surface area contributed by atoms with E-state index in [0.29, 0.717) is 0 Å². The Morgan fingerprint density at radius 3 is 2.59 bits per heavy atom. The van der Waals surface area contributed by atoms with E-state index < -0.39 is 30.4 Å². The first-order valence-electron chi connectivity index (χ1n) is 8.46. The third-order valence-corrected chi connectivity index (χ3v) is 3.98. The SMILES string of the molecule is CC(=O)OC[C@H]1OC(Oc2c(O)ccc3ccccc23)C=C[C@@H]1OC(C)=O. The van der Waals surface area contributed by atoms with Gasteiger partial charge in [0, 0.05) is 19.2 Å². The summed E-state index contributed by atoms with van der Waals surface area (Å²) in [6.45, 7) is 2.47. The van der Waals surface area contributed by atoms with Gasteiger partial charge in [-0.05, 0) is 23.6 Å². The minimum Gasteiger partial charge on any atom is -0.504 e. The molecule has 1 N–H and O–H groups in total. The maximum absolute atomic E-state index is 11.3. The first-order chi connectivity index (χ1) is 12.9. The number of carbonyl (C=O) groups is 2. The molecule has 0 saturated heterocycles. The molecule has 7 nitrogen and oxygen atoms in total. The maximum atomic E-state index is 11.3. The van der Waals surface area contributed by atoms with Crippen LogP contribution in [0.1, 0.15) is 13.8 Å². The van der Waals surface area contributed by atoms with Gasteiger partial charge >= 0.3 is 11.9 Å². The zero-order valence-electron chi connectivity index (χ0n) is 15.0. The van der Waals surface area contributed by atoms with E-state index in [1.165, 1.54) is 13.8 Å². The Balaban J connectivity index is 1.82. The fourth-order valence-electron chi connectivity index (χ4n) is 2.80. The summed E-state index contributed by atoms with van der Waals surface area (Å²) in [5.41, 5.74) is 0. The van der Waals surface area contributed by atoms with Crippen LogP contribution in [0.15, 0.2) is 48.6 Å². The van der Waals surface area contributed by atoms with Gasteiger partial charge in [-0.25, -0.2) is 0 Å². The van der Waals surface area contributed by atoms with Crippen molar-refractivity contribution in [2.45, 2.75) is 32.3 Å². The van der Waals surface area contributed by atoms with E-state index in [4.69, 9.17) is 18.9 Å². The Morgan fingerprint density at radius 2 is 1.85 bits per heavy atom. The van der Waals surface area contributed by atoms with Crippen molar-refractivity contribution in [1.29, 1.82) is 0 Å². The number of carbonyl (C=O) groups excluding carboxylic acids is 2. The van der Waals surface area contributed by atoms with Crippen LogP contribution in [-0.4, -0.2) is 42.1 Å². The van der Waals surface area contributed by atoms with Gasteiger partial charge in [0.15, 0.2) is 11.5 Å². The van der Waals surface area contributed by atoms with Gasteiger partial charge in [-0.1, -0.05) is 30.3 Å². The zero-order chi connectivity index (χ0) is 19.4. The summed E-state index contributed by atoms with van der Waals surface area (Å²) in [6, 6.07) is 10.8. The van der Waals surface area contributed by atoms with Gasteiger partial charge in [-0.2, -0.15) is 0 Å². The number of ether oxygens (including phenoxy) is 4. The fourth-order valence-corrected chi connectivity index (χ4v) is 2.80. The average Bonchev–Trinajstić information content (AvgIpc) is 2.63. The molecule has 0 saturated carbocycles. The molecule has 2 aromatic rings. The molecule has 27 heavy (non-hydrogen) atoms. The monoisotopic (exact) mass is 372 g/mol. The Bertz CT molecular complexity index is 874. The highest BCUT2D eigenvalue weighted by molar-refractivity contribution is 5.90. The van der Waals surface area contributed by atoms with E-state index in [0.717, 1.165) is 10.8 Å². The Morgan fingerprint density at radius 1 is 1.07 bits per heavy atom. The molecule has 0 radical (unpaired) electrons. The molecule has 0 amide bonds. The van der Waals surface area contributed by atoms with Gasteiger partial charge in [0.25, 0.3) is 0 Å². The topological polar surface area (TPSA) is 91.3 Å². The zero-order valence-corrected chi connectivity index (χ0v) is 15.0. The third-order valence-electron chi connectivity index (χ3n) is 3.98. The average molecular weight is 372 g/mol. The van der Waals surface area contributed by atoms with Crippen molar-refractivity contribution in [2.75, 3.05) is 6.61 Å². The predicted octanol–water partition coefficient (Wildman–Crippen LogP) is 2.70. The lowest BCUT2D eigenvalue weighted by atomic mass is 10.1. The van der Waals surface area contributed by atoms with E-state index in [-0.39, 0.29) is 18.1 Å². The van der Waals surface area contributed by atoms with Crippen molar-refractivity contribution >= 4 is 22.7 Å². The highest BCUT2D eigenvalue weighted by atomic mass is 16.7. The lowest BCUT2D eigenvalue weighted by Gasteiger charge is -2.31. The van der Waals surface area contributed by atoms with Crippen molar-refractivity contribution in [1.82, 2.24) is 0 Å². The molecule has 142 valence electrons. The second-order valence-electron chi connectivity index (χ2n) is 6.06. The number of esters is 2. The van der Waals surface area contributed by atoms with Crippen LogP contribution in [0.4, 0.5) is 0 Å². The standard InChI is InChI=1S/C20H20O7/c1-12(21)24-11-18-17(25-13(2)22)9-10-19(26-18)27-20-15-6-4-3-5-14(15)7-8-16(20)23/h3-10,17-19,23H,11H2,1-2H3/t17-,18+,19?/m0/s1. The fraction of sp³-hybridized carbons (Fsp3) is 0.300. The lowest BCUT2D eigenvalue weighted by molar-refractivity contribution is -0.178. The molecule has 1 aliphatic rings. The summed E-state index contributed by atoms with van der Waals surface area (Å²) in [5.74, 6) is -0.699. The Hall–Kier alpha value is -3.06. The van der Waals surface area contributed by atoms with Crippen molar-refractivity contribution in [2.24, 2.45) is 0 Å². The molecule has 1 unspecified atom stereocenters. The first kappa shape index (κ1) is 18.7. The van der Waals surface area contributed by atoms with Gasteiger partial charge in [0.05, 0.1) is 0 Å². The number of hydrogen-bond donors (Lipinski definition) is 1. The number of phenolic OH excluding ortho intramolecular Hbond substituents is 1. The van der Waals surface area contributed by atoms with Gasteiger partial charge in [0.1, 0.15) is 18.8 Å². The molecule has 0 bridgehead atoms. The summed E-state index contributed by atoms with van der Waals surface area (Å²) < 4.78 is 21.8. The first-order valence-corrected chi connectivity index (χ1v) is 8.46. The van der Waals surface area contributed by atoms with Crippen LogP contribution in [0.5, 0.6) is 11.5 Å². The quantitative estimate of drug-likeness (QED) is 0.637. The minimum absolute atomic E-state index is 0.0238. The Labute approximate surface area is 156 Å². The van der Waals surface area contributed by atoms with Gasteiger partial charge in [-0.3, -0.25) is 9.59 Å². The number of phenols is 1. The van der Waals surface area contributed by atoms with Crippen LogP contribution in [0.3, 0.4) is 0 Å². The van der Waals surface area contributed by atoms with Gasteiger partial charge < -0.3 is 24.1 Å². The van der Waals surface area contributed by atoms with Crippen molar-refractivity contribution in [3.63, 3.8) is 0 Å². The molecule has 0 fully saturated rings. The van der Waals surface area contributed by atoms with Crippen LogP contribution in [0.25, 0.3) is 10.8 Å². The maximum Gasteiger partial charge on any atom is 0.303 e. The van der Waals surface area contributed by atoms with Gasteiger partial charge in [-0.15, -0.1) is 0 Å². The van der Waals surface area contributed by atoms with Crippen LogP contribution in [-0.2, 0) is 23.8 Å². The van der Waals surface area contributed by atoms with Crippen LogP contribution < -0.4 is 4.74 Å². The Kier molecular flexibility index (Phi) is 5.61. The molecule has 7 heteroatoms. The van der Waals surface area contributed by atoms with E-state index >= 15 is 0 Å². The summed E-state index contributed by atoms with van der Waals surface area (Å²) in [4.78, 5) is 22.4. The molecule has 1 heterocycles. The molecule has 2 aromatic carbocycles. The molecule has 3 atom stereocenters. The largest absolute Gasteiger partial charge is 0.504 e. The number of hydrogen-bond acceptors (Lipinski definition) is 7. The molecule has 0 aromatic heterocycles. The van der Waals surface area contributed by atoms with Crippen LogP contribution >= 0.6 is 0 Å². The van der Waals surface area contributed by atoms with Crippen LogP contribution in [0, 0.1) is 0 Å². The number of fused-ring (bicyclic) bond motifs is 1. The second-order valence-corrected chi connectivity index (χ2v) is 6.06. The number of rotatable bonds is 5. The number of aromatic hydroxyl groups is 1. The van der Waals surface area contributed by atoms with Gasteiger partial charge in [0.2, 0.25) is 6.29 Å². The summed E-state index contributed by atoms with van der Waals surface area (Å²) in [5, 5.41) is 11.8. The molecule has 3 rings (SSSR count). The number of benzene rings is 2. The summed E-state index contributed by atoms with van der Waals surface area (Å²) in [7, 11) is 0. The van der Waals surface area contributed by atoms with Crippen LogP contribution in [0.2, 0.25) is 0 Å². The van der Waals surface area contributed by atoms with E-state index in [1.807, 2.05) is 24.3 Å². The lowest BCUT2D eigenvalue weighted by Crippen LogP contribution is -2.43. The normalized spacial score (nSPS) is 21.6.